The van der Waals surface area contributed by atoms with E-state index in [0.29, 0.717) is 13.0 Å². The lowest BCUT2D eigenvalue weighted by atomic mass is 9.95. The summed E-state index contributed by atoms with van der Waals surface area (Å²) in [6, 6.07) is -0.822. The Balaban J connectivity index is 2.61. The van der Waals surface area contributed by atoms with Crippen molar-refractivity contribution < 1.29 is 30.7 Å². The number of benzene rings is 1. The van der Waals surface area contributed by atoms with Gasteiger partial charge in [-0.3, -0.25) is 0 Å². The van der Waals surface area contributed by atoms with Crippen molar-refractivity contribution in [3.8, 4) is 0 Å². The fourth-order valence-electron chi connectivity index (χ4n) is 2.30. The molecule has 1 aromatic rings. The molecule has 0 aromatic heterocycles. The van der Waals surface area contributed by atoms with Gasteiger partial charge in [0.15, 0.2) is 0 Å². The molecule has 1 saturated heterocycles. The summed E-state index contributed by atoms with van der Waals surface area (Å²) in [6.45, 7) is 0.405. The first-order valence-electron chi connectivity index (χ1n) is 5.82. The fourth-order valence-corrected chi connectivity index (χ4v) is 2.30. The number of rotatable bonds is 1. The Morgan fingerprint density at radius 2 is 1.65 bits per heavy atom. The van der Waals surface area contributed by atoms with Gasteiger partial charge in [-0.15, -0.1) is 0 Å². The van der Waals surface area contributed by atoms with Crippen molar-refractivity contribution in [1.29, 1.82) is 0 Å². The summed E-state index contributed by atoms with van der Waals surface area (Å²) in [5, 5.41) is 2.66. The minimum absolute atomic E-state index is 0.0294. The molecule has 2 rings (SSSR count). The van der Waals surface area contributed by atoms with Crippen LogP contribution < -0.4 is 5.32 Å². The molecule has 112 valence electrons. The van der Waals surface area contributed by atoms with Crippen LogP contribution in [0.25, 0.3) is 0 Å². The molecule has 0 aliphatic carbocycles. The lowest BCUT2D eigenvalue weighted by Crippen LogP contribution is -2.22. The highest BCUT2D eigenvalue weighted by molar-refractivity contribution is 5.39. The molecule has 1 N–H and O–H groups in total. The van der Waals surface area contributed by atoms with Crippen LogP contribution in [0.2, 0.25) is 0 Å². The lowest BCUT2D eigenvalue weighted by Gasteiger charge is -2.20. The molecule has 20 heavy (non-hydrogen) atoms. The van der Waals surface area contributed by atoms with Gasteiger partial charge < -0.3 is 5.32 Å². The summed E-state index contributed by atoms with van der Waals surface area (Å²) in [6.07, 6.45) is -9.27. The van der Waals surface area contributed by atoms with Gasteiger partial charge >= 0.3 is 12.4 Å². The first kappa shape index (κ1) is 15.1. The van der Waals surface area contributed by atoms with Crippen molar-refractivity contribution in [2.24, 2.45) is 0 Å². The molecule has 1 fully saturated rings. The molecule has 1 nitrogen and oxygen atoms in total. The minimum atomic E-state index is -5.04. The van der Waals surface area contributed by atoms with Gasteiger partial charge in [0.05, 0.1) is 11.1 Å². The van der Waals surface area contributed by atoms with Gasteiger partial charge in [-0.25, -0.2) is 4.39 Å². The Bertz CT molecular complexity index is 498. The van der Waals surface area contributed by atoms with Crippen molar-refractivity contribution in [2.75, 3.05) is 6.54 Å². The van der Waals surface area contributed by atoms with E-state index in [-0.39, 0.29) is 18.6 Å². The molecule has 1 aliphatic heterocycles. The van der Waals surface area contributed by atoms with Gasteiger partial charge in [-0.2, -0.15) is 26.3 Å². The quantitative estimate of drug-likeness (QED) is 0.763. The van der Waals surface area contributed by atoms with E-state index < -0.39 is 40.9 Å². The van der Waals surface area contributed by atoms with Crippen LogP contribution in [0.15, 0.2) is 12.1 Å². The Morgan fingerprint density at radius 1 is 1.00 bits per heavy atom. The molecule has 0 bridgehead atoms. The van der Waals surface area contributed by atoms with Crippen LogP contribution in [0.4, 0.5) is 30.7 Å². The minimum Gasteiger partial charge on any atom is -0.310 e. The number of alkyl halides is 6. The molecular formula is C12H10F7N. The predicted molar refractivity (Wildman–Crippen MR) is 56.4 cm³/mol. The molecule has 1 atom stereocenters. The Kier molecular flexibility index (Phi) is 3.70. The number of hydrogen-bond donors (Lipinski definition) is 1. The van der Waals surface area contributed by atoms with Crippen LogP contribution >= 0.6 is 0 Å². The molecule has 0 unspecified atom stereocenters. The van der Waals surface area contributed by atoms with Gasteiger partial charge in [-0.05, 0) is 31.5 Å². The third kappa shape index (κ3) is 2.89. The summed E-state index contributed by atoms with van der Waals surface area (Å²) in [4.78, 5) is 0. The number of nitrogens with one attached hydrogen (secondary N) is 1. The van der Waals surface area contributed by atoms with Gasteiger partial charge in [0.1, 0.15) is 5.82 Å². The smallest absolute Gasteiger partial charge is 0.310 e. The monoisotopic (exact) mass is 301 g/mol. The molecule has 0 amide bonds. The van der Waals surface area contributed by atoms with Crippen molar-refractivity contribution >= 4 is 0 Å². The summed E-state index contributed by atoms with van der Waals surface area (Å²) >= 11 is 0. The van der Waals surface area contributed by atoms with Crippen LogP contribution in [0, 0.1) is 5.82 Å². The highest BCUT2D eigenvalue weighted by Crippen LogP contribution is 2.41. The topological polar surface area (TPSA) is 12.0 Å². The average molecular weight is 301 g/mol. The maximum Gasteiger partial charge on any atom is 0.416 e. The van der Waals surface area contributed by atoms with E-state index in [4.69, 9.17) is 0 Å². The predicted octanol–water partition coefficient (Wildman–Crippen LogP) is 4.29. The number of halogens is 7. The van der Waals surface area contributed by atoms with Gasteiger partial charge in [0.2, 0.25) is 0 Å². The SMILES string of the molecule is Fc1cc(C(F)(F)F)cc(C(F)(F)F)c1[C@@H]1CCCN1. The lowest BCUT2D eigenvalue weighted by molar-refractivity contribution is -0.144. The van der Waals surface area contributed by atoms with Gasteiger partial charge in [-0.1, -0.05) is 0 Å². The van der Waals surface area contributed by atoms with Crippen molar-refractivity contribution in [1.82, 2.24) is 5.32 Å². The second-order valence-corrected chi connectivity index (χ2v) is 4.56. The van der Waals surface area contributed by atoms with E-state index >= 15 is 0 Å². The maximum atomic E-state index is 13.8. The molecular weight excluding hydrogens is 291 g/mol. The second-order valence-electron chi connectivity index (χ2n) is 4.56. The van der Waals surface area contributed by atoms with E-state index in [0.717, 1.165) is 0 Å². The molecule has 0 spiro atoms. The third-order valence-electron chi connectivity index (χ3n) is 3.17. The van der Waals surface area contributed by atoms with Crippen molar-refractivity contribution in [2.45, 2.75) is 31.2 Å². The standard InChI is InChI=1S/C12H10F7N/c13-8-5-6(11(14,15)16)4-7(12(17,18)19)10(8)9-2-1-3-20-9/h4-5,9,20H,1-3H2/t9-/m0/s1. The van der Waals surface area contributed by atoms with Gasteiger partial charge in [0.25, 0.3) is 0 Å². The van der Waals surface area contributed by atoms with E-state index in [9.17, 15) is 30.7 Å². The normalized spacial score (nSPS) is 20.4. The Morgan fingerprint density at radius 3 is 2.10 bits per heavy atom. The van der Waals surface area contributed by atoms with E-state index in [1.165, 1.54) is 0 Å². The Labute approximate surface area is 109 Å². The average Bonchev–Trinajstić information content (AvgIpc) is 2.78. The first-order chi connectivity index (χ1) is 9.10. The van der Waals surface area contributed by atoms with E-state index in [2.05, 4.69) is 5.32 Å². The van der Waals surface area contributed by atoms with Crippen LogP contribution in [-0.4, -0.2) is 6.54 Å². The molecule has 1 aromatic carbocycles. The molecule has 1 aliphatic rings. The second kappa shape index (κ2) is 4.91. The zero-order valence-corrected chi connectivity index (χ0v) is 10.00. The molecule has 1 heterocycles. The largest absolute Gasteiger partial charge is 0.416 e. The molecule has 0 radical (unpaired) electrons. The van der Waals surface area contributed by atoms with E-state index in [1.54, 1.807) is 0 Å². The van der Waals surface area contributed by atoms with Crippen LogP contribution in [0.5, 0.6) is 0 Å². The molecule has 8 heteroatoms. The number of hydrogen-bond acceptors (Lipinski definition) is 1. The van der Waals surface area contributed by atoms with Crippen LogP contribution in [0.1, 0.15) is 35.6 Å². The summed E-state index contributed by atoms with van der Waals surface area (Å²) < 4.78 is 89.9. The summed E-state index contributed by atoms with van der Waals surface area (Å²) in [5.41, 5.74) is -3.93. The maximum absolute atomic E-state index is 13.8. The van der Waals surface area contributed by atoms with Crippen molar-refractivity contribution in [3.05, 3.63) is 34.6 Å². The van der Waals surface area contributed by atoms with Crippen LogP contribution in [0.3, 0.4) is 0 Å². The summed E-state index contributed by atoms with van der Waals surface area (Å²) in [7, 11) is 0. The first-order valence-corrected chi connectivity index (χ1v) is 5.82. The van der Waals surface area contributed by atoms with Crippen molar-refractivity contribution in [3.63, 3.8) is 0 Å². The molecule has 0 saturated carbocycles. The fraction of sp³-hybridized carbons (Fsp3) is 0.500. The van der Waals surface area contributed by atoms with E-state index in [1.807, 2.05) is 0 Å². The highest BCUT2D eigenvalue weighted by Gasteiger charge is 2.41. The zero-order chi connectivity index (χ0) is 15.1. The van der Waals surface area contributed by atoms with Crippen LogP contribution in [-0.2, 0) is 12.4 Å². The highest BCUT2D eigenvalue weighted by atomic mass is 19.4. The third-order valence-corrected chi connectivity index (χ3v) is 3.17. The summed E-state index contributed by atoms with van der Waals surface area (Å²) in [5.74, 6) is -1.48. The zero-order valence-electron chi connectivity index (χ0n) is 10.00. The Hall–Kier alpha value is -1.31. The van der Waals surface area contributed by atoms with Gasteiger partial charge in [0, 0.05) is 11.6 Å².